The molecule has 306 valence electrons. The van der Waals surface area contributed by atoms with Crippen LogP contribution in [0.2, 0.25) is 0 Å². The van der Waals surface area contributed by atoms with E-state index in [4.69, 9.17) is 0 Å². The van der Waals surface area contributed by atoms with Crippen LogP contribution in [0.4, 0.5) is 34.1 Å². The van der Waals surface area contributed by atoms with Crippen molar-refractivity contribution in [1.82, 2.24) is 0 Å². The van der Waals surface area contributed by atoms with Gasteiger partial charge in [-0.15, -0.1) is 0 Å². The molecule has 0 amide bonds. The summed E-state index contributed by atoms with van der Waals surface area (Å²) < 4.78 is 0. The van der Waals surface area contributed by atoms with Crippen LogP contribution in [-0.4, -0.2) is 0 Å². The summed E-state index contributed by atoms with van der Waals surface area (Å²) in [6.45, 7) is 18.0. The minimum atomic E-state index is 0.00555. The van der Waals surface area contributed by atoms with Crippen LogP contribution in [0, 0.1) is 13.8 Å². The topological polar surface area (TPSA) is 6.48 Å². The van der Waals surface area contributed by atoms with Gasteiger partial charge in [-0.05, 0) is 152 Å². The van der Waals surface area contributed by atoms with Gasteiger partial charge in [0.25, 0.3) is 0 Å². The summed E-state index contributed by atoms with van der Waals surface area (Å²) >= 11 is 0. The average molecular weight is 805 g/mol. The van der Waals surface area contributed by atoms with Crippen molar-refractivity contribution in [3.05, 3.63) is 216 Å². The molecule has 9 rings (SSSR count). The molecule has 0 saturated heterocycles. The molecule has 0 unspecified atom stereocenters. The summed E-state index contributed by atoms with van der Waals surface area (Å²) in [5.74, 6) is 0. The van der Waals surface area contributed by atoms with Gasteiger partial charge in [-0.1, -0.05) is 174 Å². The van der Waals surface area contributed by atoms with Gasteiger partial charge in [-0.3, -0.25) is 0 Å². The molecule has 0 saturated carbocycles. The van der Waals surface area contributed by atoms with Gasteiger partial charge >= 0.3 is 0 Å². The number of rotatable bonds is 8. The van der Waals surface area contributed by atoms with E-state index in [9.17, 15) is 0 Å². The van der Waals surface area contributed by atoms with E-state index >= 15 is 0 Å². The number of hydrogen-bond acceptors (Lipinski definition) is 2. The van der Waals surface area contributed by atoms with Gasteiger partial charge in [0, 0.05) is 34.1 Å². The lowest BCUT2D eigenvalue weighted by atomic mass is 9.85. The fourth-order valence-corrected chi connectivity index (χ4v) is 8.82. The Morgan fingerprint density at radius 1 is 0.290 bits per heavy atom. The van der Waals surface area contributed by atoms with Crippen LogP contribution in [0.5, 0.6) is 0 Å². The molecule has 0 aromatic heterocycles. The third-order valence-electron chi connectivity index (χ3n) is 12.3. The molecule has 0 fully saturated rings. The second kappa shape index (κ2) is 16.2. The molecule has 0 N–H and O–H groups in total. The molecular weight excluding hydrogens is 749 g/mol. The standard InChI is InChI=1S/C60H56N2/c1-41-25-29-47(30-26-41)61(49-23-15-21-45(37-49)59(3,4)5)51-33-35-53-55(39-51)57(43-17-11-9-12-18-43)54-36-34-52(40-56(54)58(53)44-19-13-10-14-20-44)62(48-31-27-42(2)28-32-48)50-24-16-22-46(38-50)60(6,7)8/h9-40H,1-8H3. The lowest BCUT2D eigenvalue weighted by Crippen LogP contribution is -2.14. The second-order valence-electron chi connectivity index (χ2n) is 18.9. The van der Waals surface area contributed by atoms with Gasteiger partial charge < -0.3 is 9.80 Å². The molecule has 0 spiro atoms. The summed E-state index contributed by atoms with van der Waals surface area (Å²) in [5.41, 5.74) is 16.7. The maximum absolute atomic E-state index is 2.43. The first kappa shape index (κ1) is 40.5. The van der Waals surface area contributed by atoms with Gasteiger partial charge in [-0.25, -0.2) is 0 Å². The number of benzene rings is 9. The summed E-state index contributed by atoms with van der Waals surface area (Å²) in [4.78, 5) is 4.84. The summed E-state index contributed by atoms with van der Waals surface area (Å²) in [6.07, 6.45) is 0. The zero-order valence-electron chi connectivity index (χ0n) is 37.4. The highest BCUT2D eigenvalue weighted by Crippen LogP contribution is 2.48. The predicted octanol–water partition coefficient (Wildman–Crippen LogP) is 17.5. The Morgan fingerprint density at radius 3 is 0.984 bits per heavy atom. The third kappa shape index (κ3) is 7.90. The molecule has 0 aliphatic rings. The van der Waals surface area contributed by atoms with E-state index < -0.39 is 0 Å². The minimum absolute atomic E-state index is 0.00555. The highest BCUT2D eigenvalue weighted by atomic mass is 15.1. The van der Waals surface area contributed by atoms with Crippen LogP contribution in [0.25, 0.3) is 43.8 Å². The maximum Gasteiger partial charge on any atom is 0.0468 e. The van der Waals surface area contributed by atoms with Crippen LogP contribution < -0.4 is 9.80 Å². The molecular formula is C60H56N2. The third-order valence-corrected chi connectivity index (χ3v) is 12.3. The Balaban J connectivity index is 1.36. The van der Waals surface area contributed by atoms with Crippen molar-refractivity contribution < 1.29 is 0 Å². The monoisotopic (exact) mass is 804 g/mol. The second-order valence-corrected chi connectivity index (χ2v) is 18.9. The molecule has 2 heteroatoms. The normalized spacial score (nSPS) is 11.9. The van der Waals surface area contributed by atoms with E-state index in [0.29, 0.717) is 0 Å². The Kier molecular flexibility index (Phi) is 10.6. The molecule has 62 heavy (non-hydrogen) atoms. The van der Waals surface area contributed by atoms with Crippen LogP contribution in [0.3, 0.4) is 0 Å². The molecule has 0 bridgehead atoms. The van der Waals surface area contributed by atoms with Crippen molar-refractivity contribution in [3.63, 3.8) is 0 Å². The SMILES string of the molecule is Cc1ccc(N(c2cccc(C(C)(C)C)c2)c2ccc3c(-c4ccccc4)c4cc(N(c5ccc(C)cc5)c5cccc(C(C)(C)C)c5)ccc4c(-c4ccccc4)c3c2)cc1. The van der Waals surface area contributed by atoms with Crippen molar-refractivity contribution in [3.8, 4) is 22.3 Å². The number of fused-ring (bicyclic) bond motifs is 2. The number of nitrogens with zero attached hydrogens (tertiary/aromatic N) is 2. The minimum Gasteiger partial charge on any atom is -0.310 e. The van der Waals surface area contributed by atoms with Crippen molar-refractivity contribution in [2.75, 3.05) is 9.80 Å². The number of hydrogen-bond donors (Lipinski definition) is 0. The number of anilines is 6. The van der Waals surface area contributed by atoms with Crippen LogP contribution in [0.15, 0.2) is 194 Å². The molecule has 0 atom stereocenters. The molecule has 0 radical (unpaired) electrons. The predicted molar refractivity (Wildman–Crippen MR) is 269 cm³/mol. The van der Waals surface area contributed by atoms with E-state index in [1.54, 1.807) is 0 Å². The van der Waals surface area contributed by atoms with Crippen molar-refractivity contribution in [1.29, 1.82) is 0 Å². The fourth-order valence-electron chi connectivity index (χ4n) is 8.82. The molecule has 2 nitrogen and oxygen atoms in total. The molecule has 0 aliphatic heterocycles. The van der Waals surface area contributed by atoms with Crippen LogP contribution >= 0.6 is 0 Å². The molecule has 9 aromatic rings. The van der Waals surface area contributed by atoms with Crippen molar-refractivity contribution in [2.45, 2.75) is 66.2 Å². The Hall–Kier alpha value is -6.90. The highest BCUT2D eigenvalue weighted by molar-refractivity contribution is 6.22. The average Bonchev–Trinajstić information content (AvgIpc) is 3.27. The Bertz CT molecular complexity index is 2810. The van der Waals surface area contributed by atoms with E-state index in [2.05, 4.69) is 259 Å². The molecule has 9 aromatic carbocycles. The zero-order chi connectivity index (χ0) is 43.2. The lowest BCUT2D eigenvalue weighted by molar-refractivity contribution is 0.590. The summed E-state index contributed by atoms with van der Waals surface area (Å²) in [6, 6.07) is 72.1. The lowest BCUT2D eigenvalue weighted by Gasteiger charge is -2.29. The van der Waals surface area contributed by atoms with E-state index in [-0.39, 0.29) is 10.8 Å². The van der Waals surface area contributed by atoms with Gasteiger partial charge in [0.2, 0.25) is 0 Å². The molecule has 0 aliphatic carbocycles. The van der Waals surface area contributed by atoms with Crippen LogP contribution in [-0.2, 0) is 10.8 Å². The summed E-state index contributed by atoms with van der Waals surface area (Å²) in [7, 11) is 0. The van der Waals surface area contributed by atoms with E-state index in [0.717, 1.165) is 34.1 Å². The van der Waals surface area contributed by atoms with Gasteiger partial charge in [0.05, 0.1) is 0 Å². The first-order chi connectivity index (χ1) is 29.8. The van der Waals surface area contributed by atoms with Crippen molar-refractivity contribution in [2.24, 2.45) is 0 Å². The number of aryl methyl sites for hydroxylation is 2. The van der Waals surface area contributed by atoms with Crippen molar-refractivity contribution >= 4 is 55.7 Å². The summed E-state index contributed by atoms with van der Waals surface area (Å²) in [5, 5.41) is 4.86. The van der Waals surface area contributed by atoms with Gasteiger partial charge in [0.1, 0.15) is 0 Å². The largest absolute Gasteiger partial charge is 0.310 e. The van der Waals surface area contributed by atoms with Crippen LogP contribution in [0.1, 0.15) is 63.8 Å². The first-order valence-corrected chi connectivity index (χ1v) is 21.9. The first-order valence-electron chi connectivity index (χ1n) is 21.9. The van der Waals surface area contributed by atoms with Gasteiger partial charge in [-0.2, -0.15) is 0 Å². The Labute approximate surface area is 368 Å². The van der Waals surface area contributed by atoms with E-state index in [1.807, 2.05) is 0 Å². The zero-order valence-corrected chi connectivity index (χ0v) is 37.4. The van der Waals surface area contributed by atoms with E-state index in [1.165, 1.54) is 66.1 Å². The maximum atomic E-state index is 2.43. The fraction of sp³-hybridized carbons (Fsp3) is 0.167. The Morgan fingerprint density at radius 2 is 0.629 bits per heavy atom. The molecule has 0 heterocycles. The quantitative estimate of drug-likeness (QED) is 0.141. The van der Waals surface area contributed by atoms with Gasteiger partial charge in [0.15, 0.2) is 0 Å². The smallest absolute Gasteiger partial charge is 0.0468 e. The highest BCUT2D eigenvalue weighted by Gasteiger charge is 2.24.